The fourth-order valence-corrected chi connectivity index (χ4v) is 1.97. The first kappa shape index (κ1) is 15.1. The normalized spacial score (nSPS) is 10.0. The zero-order valence-electron chi connectivity index (χ0n) is 11.6. The number of aromatic hydroxyl groups is 1. The van der Waals surface area contributed by atoms with Gasteiger partial charge in [-0.05, 0) is 49.0 Å². The lowest BCUT2D eigenvalue weighted by Crippen LogP contribution is -2.19. The van der Waals surface area contributed by atoms with Crippen molar-refractivity contribution >= 4 is 28.7 Å². The van der Waals surface area contributed by atoms with Crippen molar-refractivity contribution in [3.8, 4) is 11.5 Å². The average molecular weight is 306 g/mol. The third-order valence-corrected chi connectivity index (χ3v) is 3.07. The molecule has 0 aliphatic carbocycles. The molecule has 0 saturated heterocycles. The summed E-state index contributed by atoms with van der Waals surface area (Å²) in [4.78, 5) is 0. The molecule has 110 valence electrons. The number of hydrogen-bond acceptors (Lipinski definition) is 3. The molecule has 0 saturated carbocycles. The third-order valence-electron chi connectivity index (χ3n) is 2.87. The topological polar surface area (TPSA) is 53.5 Å². The molecule has 0 bridgehead atoms. The van der Waals surface area contributed by atoms with Crippen LogP contribution >= 0.6 is 12.2 Å². The molecular formula is C15H15FN2O2S. The molecule has 21 heavy (non-hydrogen) atoms. The molecule has 0 aromatic heterocycles. The van der Waals surface area contributed by atoms with Gasteiger partial charge in [-0.25, -0.2) is 4.39 Å². The molecular weight excluding hydrogens is 291 g/mol. The molecule has 2 rings (SSSR count). The fraction of sp³-hybridized carbons (Fsp3) is 0.133. The minimum Gasteiger partial charge on any atom is -0.504 e. The number of anilines is 2. The van der Waals surface area contributed by atoms with E-state index in [0.29, 0.717) is 27.8 Å². The van der Waals surface area contributed by atoms with Crippen LogP contribution in [0, 0.1) is 12.7 Å². The first-order chi connectivity index (χ1) is 9.99. The van der Waals surface area contributed by atoms with E-state index in [1.54, 1.807) is 31.2 Å². The molecule has 0 spiro atoms. The maximum Gasteiger partial charge on any atom is 0.175 e. The number of hydrogen-bond donors (Lipinski definition) is 3. The van der Waals surface area contributed by atoms with Crippen molar-refractivity contribution in [1.82, 2.24) is 0 Å². The molecule has 0 aliphatic rings. The third kappa shape index (κ3) is 3.82. The average Bonchev–Trinajstić information content (AvgIpc) is 2.43. The van der Waals surface area contributed by atoms with Crippen LogP contribution in [0.4, 0.5) is 15.8 Å². The van der Waals surface area contributed by atoms with E-state index in [1.165, 1.54) is 19.2 Å². The van der Waals surface area contributed by atoms with Crippen LogP contribution in [0.3, 0.4) is 0 Å². The van der Waals surface area contributed by atoms with E-state index < -0.39 is 0 Å². The van der Waals surface area contributed by atoms with Gasteiger partial charge in [0.05, 0.1) is 7.11 Å². The van der Waals surface area contributed by atoms with Crippen LogP contribution in [0.25, 0.3) is 0 Å². The van der Waals surface area contributed by atoms with E-state index >= 15 is 0 Å². The number of phenolic OH excluding ortho intramolecular Hbond substituents is 1. The van der Waals surface area contributed by atoms with E-state index in [9.17, 15) is 9.50 Å². The predicted octanol–water partition coefficient (Wildman–Crippen LogP) is 3.66. The highest BCUT2D eigenvalue weighted by molar-refractivity contribution is 7.80. The van der Waals surface area contributed by atoms with Gasteiger partial charge in [-0.3, -0.25) is 0 Å². The van der Waals surface area contributed by atoms with Crippen molar-refractivity contribution in [1.29, 1.82) is 0 Å². The van der Waals surface area contributed by atoms with Gasteiger partial charge in [0, 0.05) is 17.4 Å². The minimum absolute atomic E-state index is 0.00619. The molecule has 2 aromatic rings. The zero-order valence-corrected chi connectivity index (χ0v) is 12.4. The van der Waals surface area contributed by atoms with Gasteiger partial charge >= 0.3 is 0 Å². The smallest absolute Gasteiger partial charge is 0.175 e. The maximum absolute atomic E-state index is 13.4. The van der Waals surface area contributed by atoms with Crippen LogP contribution in [-0.4, -0.2) is 17.3 Å². The van der Waals surface area contributed by atoms with Gasteiger partial charge in [-0.2, -0.15) is 0 Å². The Balaban J connectivity index is 2.04. The number of methoxy groups -OCH3 is 1. The summed E-state index contributed by atoms with van der Waals surface area (Å²) < 4.78 is 18.4. The number of thiocarbonyl (C=S) groups is 1. The van der Waals surface area contributed by atoms with Gasteiger partial charge in [0.2, 0.25) is 0 Å². The largest absolute Gasteiger partial charge is 0.504 e. The highest BCUT2D eigenvalue weighted by Crippen LogP contribution is 2.28. The molecule has 0 radical (unpaired) electrons. The van der Waals surface area contributed by atoms with Crippen LogP contribution in [0.1, 0.15) is 5.56 Å². The molecule has 0 aliphatic heterocycles. The summed E-state index contributed by atoms with van der Waals surface area (Å²) in [6.07, 6.45) is 0. The number of benzene rings is 2. The van der Waals surface area contributed by atoms with Crippen molar-refractivity contribution in [2.24, 2.45) is 0 Å². The van der Waals surface area contributed by atoms with E-state index in [0.717, 1.165) is 0 Å². The van der Waals surface area contributed by atoms with Gasteiger partial charge in [-0.15, -0.1) is 0 Å². The van der Waals surface area contributed by atoms with Crippen molar-refractivity contribution in [2.75, 3.05) is 17.7 Å². The summed E-state index contributed by atoms with van der Waals surface area (Å²) in [5.41, 5.74) is 1.71. The Bertz CT molecular complexity index is 677. The molecule has 3 N–H and O–H groups in total. The van der Waals surface area contributed by atoms with Gasteiger partial charge in [0.25, 0.3) is 0 Å². The molecule has 0 heterocycles. The predicted molar refractivity (Wildman–Crippen MR) is 85.6 cm³/mol. The van der Waals surface area contributed by atoms with Gasteiger partial charge in [0.1, 0.15) is 5.82 Å². The van der Waals surface area contributed by atoms with Crippen molar-refractivity contribution < 1.29 is 14.2 Å². The molecule has 0 unspecified atom stereocenters. The van der Waals surface area contributed by atoms with Gasteiger partial charge in [-0.1, -0.05) is 6.07 Å². The van der Waals surface area contributed by atoms with Crippen LogP contribution in [0.5, 0.6) is 11.5 Å². The zero-order chi connectivity index (χ0) is 15.4. The summed E-state index contributed by atoms with van der Waals surface area (Å²) in [6.45, 7) is 1.69. The van der Waals surface area contributed by atoms with Crippen molar-refractivity contribution in [2.45, 2.75) is 6.92 Å². The van der Waals surface area contributed by atoms with Crippen LogP contribution in [-0.2, 0) is 0 Å². The summed E-state index contributed by atoms with van der Waals surface area (Å²) in [5.74, 6) is 0.0802. The molecule has 2 aromatic carbocycles. The van der Waals surface area contributed by atoms with Crippen LogP contribution in [0.15, 0.2) is 36.4 Å². The van der Waals surface area contributed by atoms with E-state index in [1.807, 2.05) is 0 Å². The SMILES string of the molecule is COc1ccc(NC(=S)Nc2ccc(C)c(F)c2)cc1O. The Kier molecular flexibility index (Phi) is 4.59. The number of rotatable bonds is 3. The number of aryl methyl sites for hydroxylation is 1. The van der Waals surface area contributed by atoms with Crippen molar-refractivity contribution in [3.63, 3.8) is 0 Å². The highest BCUT2D eigenvalue weighted by Gasteiger charge is 2.05. The lowest BCUT2D eigenvalue weighted by molar-refractivity contribution is 0.373. The Hall–Kier alpha value is -2.34. The summed E-state index contributed by atoms with van der Waals surface area (Å²) in [5, 5.41) is 15.7. The molecule has 0 amide bonds. The first-order valence-corrected chi connectivity index (χ1v) is 6.61. The number of halogens is 1. The lowest BCUT2D eigenvalue weighted by atomic mass is 10.2. The van der Waals surface area contributed by atoms with Gasteiger partial charge < -0.3 is 20.5 Å². The lowest BCUT2D eigenvalue weighted by Gasteiger charge is -2.12. The summed E-state index contributed by atoms with van der Waals surface area (Å²) >= 11 is 5.14. The highest BCUT2D eigenvalue weighted by atomic mass is 32.1. The molecule has 4 nitrogen and oxygen atoms in total. The minimum atomic E-state index is -0.301. The number of ether oxygens (including phenoxy) is 1. The van der Waals surface area contributed by atoms with Gasteiger partial charge in [0.15, 0.2) is 16.6 Å². The summed E-state index contributed by atoms with van der Waals surface area (Å²) in [6, 6.07) is 9.59. The number of phenols is 1. The molecule has 6 heteroatoms. The second kappa shape index (κ2) is 6.41. The Morgan fingerprint density at radius 3 is 2.33 bits per heavy atom. The van der Waals surface area contributed by atoms with Crippen molar-refractivity contribution in [3.05, 3.63) is 47.8 Å². The van der Waals surface area contributed by atoms with Crippen LogP contribution < -0.4 is 15.4 Å². The van der Waals surface area contributed by atoms with E-state index in [2.05, 4.69) is 10.6 Å². The second-order valence-corrected chi connectivity index (χ2v) is 4.84. The Morgan fingerprint density at radius 1 is 1.14 bits per heavy atom. The maximum atomic E-state index is 13.4. The Labute approximate surface area is 127 Å². The second-order valence-electron chi connectivity index (χ2n) is 4.43. The van der Waals surface area contributed by atoms with Crippen LogP contribution in [0.2, 0.25) is 0 Å². The number of nitrogens with one attached hydrogen (secondary N) is 2. The molecule has 0 fully saturated rings. The quantitative estimate of drug-likeness (QED) is 0.756. The monoisotopic (exact) mass is 306 g/mol. The van der Waals surface area contributed by atoms with E-state index in [4.69, 9.17) is 17.0 Å². The fourth-order valence-electron chi connectivity index (χ4n) is 1.73. The first-order valence-electron chi connectivity index (χ1n) is 6.21. The standard InChI is InChI=1S/C15H15FN2O2S/c1-9-3-4-10(7-12(9)16)17-15(21)18-11-5-6-14(20-2)13(19)8-11/h3-8,19H,1-2H3,(H2,17,18,21). The summed E-state index contributed by atoms with van der Waals surface area (Å²) in [7, 11) is 1.47. The van der Waals surface area contributed by atoms with E-state index in [-0.39, 0.29) is 11.6 Å². The Morgan fingerprint density at radius 2 is 1.76 bits per heavy atom. The molecule has 0 atom stereocenters.